The molecule has 16 heavy (non-hydrogen) atoms. The lowest BCUT2D eigenvalue weighted by Crippen LogP contribution is -2.41. The second kappa shape index (κ2) is 5.48. The van der Waals surface area contributed by atoms with E-state index in [0.29, 0.717) is 26.1 Å². The van der Waals surface area contributed by atoms with Gasteiger partial charge >= 0.3 is 0 Å². The Morgan fingerprint density at radius 1 is 1.44 bits per heavy atom. The van der Waals surface area contributed by atoms with Crippen LogP contribution in [0.4, 0.5) is 0 Å². The van der Waals surface area contributed by atoms with Crippen LogP contribution in [0.2, 0.25) is 0 Å². The Labute approximate surface area is 94.6 Å². The molecule has 1 saturated heterocycles. The van der Waals surface area contributed by atoms with Gasteiger partial charge < -0.3 is 15.1 Å². The molecule has 0 unspecified atom stereocenters. The number of hydrogen-bond acceptors (Lipinski definition) is 3. The van der Waals surface area contributed by atoms with E-state index in [-0.39, 0.29) is 24.3 Å². The Hall–Kier alpha value is -1.59. The highest BCUT2D eigenvalue weighted by Crippen LogP contribution is 1.98. The molecule has 3 amide bonds. The van der Waals surface area contributed by atoms with Crippen LogP contribution in [0.1, 0.15) is 13.3 Å². The van der Waals surface area contributed by atoms with Gasteiger partial charge in [-0.1, -0.05) is 0 Å². The first-order valence-electron chi connectivity index (χ1n) is 5.27. The van der Waals surface area contributed by atoms with E-state index < -0.39 is 0 Å². The molecule has 6 heteroatoms. The van der Waals surface area contributed by atoms with Crippen molar-refractivity contribution in [3.05, 3.63) is 0 Å². The number of carbonyl (C=O) groups is 3. The zero-order valence-electron chi connectivity index (χ0n) is 9.65. The molecule has 1 N–H and O–H groups in total. The standard InChI is InChI=1S/C10H17N3O3/c1-8(14)12(2)7-10(16)13-5-3-9(15)11-4-6-13/h3-7H2,1-2H3,(H,11,15). The minimum absolute atomic E-state index is 0.0322. The fourth-order valence-corrected chi connectivity index (χ4v) is 1.43. The zero-order chi connectivity index (χ0) is 12.1. The van der Waals surface area contributed by atoms with Crippen molar-refractivity contribution in [1.29, 1.82) is 0 Å². The molecule has 6 nitrogen and oxygen atoms in total. The van der Waals surface area contributed by atoms with Gasteiger partial charge in [-0.05, 0) is 0 Å². The zero-order valence-corrected chi connectivity index (χ0v) is 9.65. The van der Waals surface area contributed by atoms with E-state index in [0.717, 1.165) is 0 Å². The van der Waals surface area contributed by atoms with E-state index in [9.17, 15) is 14.4 Å². The normalized spacial score (nSPS) is 16.4. The Balaban J connectivity index is 2.47. The predicted molar refractivity (Wildman–Crippen MR) is 57.5 cm³/mol. The van der Waals surface area contributed by atoms with Gasteiger partial charge in [-0.2, -0.15) is 0 Å². The minimum Gasteiger partial charge on any atom is -0.354 e. The van der Waals surface area contributed by atoms with Crippen molar-refractivity contribution < 1.29 is 14.4 Å². The Kier molecular flexibility index (Phi) is 4.28. The predicted octanol–water partition coefficient (Wildman–Crippen LogP) is -1.19. The van der Waals surface area contributed by atoms with E-state index in [1.165, 1.54) is 11.8 Å². The summed E-state index contributed by atoms with van der Waals surface area (Å²) in [4.78, 5) is 36.8. The molecule has 0 saturated carbocycles. The first-order chi connectivity index (χ1) is 7.50. The molecular formula is C10H17N3O3. The molecule has 1 rings (SSSR count). The maximum Gasteiger partial charge on any atom is 0.242 e. The quantitative estimate of drug-likeness (QED) is 0.645. The summed E-state index contributed by atoms with van der Waals surface area (Å²) in [5.74, 6) is -0.290. The molecular weight excluding hydrogens is 210 g/mol. The summed E-state index contributed by atoms with van der Waals surface area (Å²) >= 11 is 0. The van der Waals surface area contributed by atoms with Crippen molar-refractivity contribution in [1.82, 2.24) is 15.1 Å². The topological polar surface area (TPSA) is 69.7 Å². The molecule has 0 spiro atoms. The van der Waals surface area contributed by atoms with Gasteiger partial charge in [0.1, 0.15) is 0 Å². The average Bonchev–Trinajstić information content (AvgIpc) is 2.42. The van der Waals surface area contributed by atoms with Gasteiger partial charge in [0.05, 0.1) is 6.54 Å². The lowest BCUT2D eigenvalue weighted by Gasteiger charge is -2.22. The molecule has 0 atom stereocenters. The Bertz CT molecular complexity index is 304. The molecule has 0 aromatic carbocycles. The number of hydrogen-bond donors (Lipinski definition) is 1. The van der Waals surface area contributed by atoms with Crippen LogP contribution in [0.3, 0.4) is 0 Å². The average molecular weight is 227 g/mol. The minimum atomic E-state index is -0.141. The van der Waals surface area contributed by atoms with E-state index in [4.69, 9.17) is 0 Å². The Morgan fingerprint density at radius 2 is 2.12 bits per heavy atom. The third-order valence-electron chi connectivity index (χ3n) is 2.58. The second-order valence-electron chi connectivity index (χ2n) is 3.86. The first kappa shape index (κ1) is 12.5. The van der Waals surface area contributed by atoms with Crippen LogP contribution < -0.4 is 5.32 Å². The number of nitrogens with zero attached hydrogens (tertiary/aromatic N) is 2. The van der Waals surface area contributed by atoms with Crippen LogP contribution in [0.5, 0.6) is 0 Å². The molecule has 0 radical (unpaired) electrons. The summed E-state index contributed by atoms with van der Waals surface area (Å²) in [6.45, 7) is 2.91. The molecule has 1 aliphatic rings. The lowest BCUT2D eigenvalue weighted by atomic mass is 10.3. The monoisotopic (exact) mass is 227 g/mol. The number of likely N-dealkylation sites (N-methyl/N-ethyl adjacent to an activating group) is 1. The molecule has 0 aromatic rings. The molecule has 0 aromatic heterocycles. The van der Waals surface area contributed by atoms with E-state index in [1.54, 1.807) is 11.9 Å². The number of amides is 3. The largest absolute Gasteiger partial charge is 0.354 e. The molecule has 1 aliphatic heterocycles. The fourth-order valence-electron chi connectivity index (χ4n) is 1.43. The van der Waals surface area contributed by atoms with Crippen molar-refractivity contribution >= 4 is 17.7 Å². The SMILES string of the molecule is CC(=O)N(C)CC(=O)N1CCNC(=O)CC1. The molecule has 90 valence electrons. The van der Waals surface area contributed by atoms with Gasteiger partial charge in [-0.15, -0.1) is 0 Å². The summed E-state index contributed by atoms with van der Waals surface area (Å²) in [7, 11) is 1.58. The number of carbonyl (C=O) groups excluding carboxylic acids is 3. The van der Waals surface area contributed by atoms with Crippen molar-refractivity contribution in [2.75, 3.05) is 33.2 Å². The summed E-state index contributed by atoms with van der Waals surface area (Å²) in [6, 6.07) is 0. The third kappa shape index (κ3) is 3.52. The van der Waals surface area contributed by atoms with Crippen LogP contribution in [-0.2, 0) is 14.4 Å². The van der Waals surface area contributed by atoms with Gasteiger partial charge in [-0.3, -0.25) is 14.4 Å². The maximum atomic E-state index is 11.8. The van der Waals surface area contributed by atoms with Crippen molar-refractivity contribution in [3.8, 4) is 0 Å². The van der Waals surface area contributed by atoms with Crippen LogP contribution in [0.25, 0.3) is 0 Å². The van der Waals surface area contributed by atoms with Crippen molar-refractivity contribution in [2.24, 2.45) is 0 Å². The lowest BCUT2D eigenvalue weighted by molar-refractivity contribution is -0.138. The number of rotatable bonds is 2. The van der Waals surface area contributed by atoms with Crippen molar-refractivity contribution in [3.63, 3.8) is 0 Å². The van der Waals surface area contributed by atoms with Gasteiger partial charge in [0, 0.05) is 40.0 Å². The highest BCUT2D eigenvalue weighted by atomic mass is 16.2. The Morgan fingerprint density at radius 3 is 2.75 bits per heavy atom. The number of nitrogens with one attached hydrogen (secondary N) is 1. The third-order valence-corrected chi connectivity index (χ3v) is 2.58. The van der Waals surface area contributed by atoms with Crippen LogP contribution in [0, 0.1) is 0 Å². The molecule has 1 fully saturated rings. The van der Waals surface area contributed by atoms with Crippen LogP contribution in [0.15, 0.2) is 0 Å². The van der Waals surface area contributed by atoms with Gasteiger partial charge in [0.2, 0.25) is 17.7 Å². The van der Waals surface area contributed by atoms with E-state index >= 15 is 0 Å². The van der Waals surface area contributed by atoms with E-state index in [2.05, 4.69) is 5.32 Å². The van der Waals surface area contributed by atoms with Gasteiger partial charge in [-0.25, -0.2) is 0 Å². The molecule has 0 aliphatic carbocycles. The summed E-state index contributed by atoms with van der Waals surface area (Å²) in [5.41, 5.74) is 0. The van der Waals surface area contributed by atoms with E-state index in [1.807, 2.05) is 0 Å². The van der Waals surface area contributed by atoms with Gasteiger partial charge in [0.25, 0.3) is 0 Å². The maximum absolute atomic E-state index is 11.8. The molecule has 0 bridgehead atoms. The summed E-state index contributed by atoms with van der Waals surface area (Å²) in [5, 5.41) is 2.69. The van der Waals surface area contributed by atoms with Crippen LogP contribution in [-0.4, -0.2) is 60.7 Å². The first-order valence-corrected chi connectivity index (χ1v) is 5.27. The second-order valence-corrected chi connectivity index (χ2v) is 3.86. The van der Waals surface area contributed by atoms with Gasteiger partial charge in [0.15, 0.2) is 0 Å². The van der Waals surface area contributed by atoms with Crippen LogP contribution >= 0.6 is 0 Å². The van der Waals surface area contributed by atoms with Crippen molar-refractivity contribution in [2.45, 2.75) is 13.3 Å². The molecule has 1 heterocycles. The summed E-state index contributed by atoms with van der Waals surface area (Å²) in [6.07, 6.45) is 0.329. The highest BCUT2D eigenvalue weighted by Gasteiger charge is 2.19. The summed E-state index contributed by atoms with van der Waals surface area (Å²) < 4.78 is 0. The fraction of sp³-hybridized carbons (Fsp3) is 0.700. The smallest absolute Gasteiger partial charge is 0.242 e. The highest BCUT2D eigenvalue weighted by molar-refractivity contribution is 5.84.